The highest BCUT2D eigenvalue weighted by molar-refractivity contribution is 6.47. The summed E-state index contributed by atoms with van der Waals surface area (Å²) in [6, 6.07) is 6.41. The van der Waals surface area contributed by atoms with E-state index in [0.29, 0.717) is 41.3 Å². The molecule has 0 saturated carbocycles. The first-order valence-corrected chi connectivity index (χ1v) is 6.96. The van der Waals surface area contributed by atoms with Crippen LogP contribution in [-0.4, -0.2) is 0 Å². The summed E-state index contributed by atoms with van der Waals surface area (Å²) in [5.74, 6) is 0. The van der Waals surface area contributed by atoms with Crippen molar-refractivity contribution in [3.8, 4) is 11.1 Å². The lowest BCUT2D eigenvalue weighted by atomic mass is 10.1. The summed E-state index contributed by atoms with van der Waals surface area (Å²) < 4.78 is 0. The lowest BCUT2D eigenvalue weighted by Gasteiger charge is -2.10. The van der Waals surface area contributed by atoms with E-state index in [1.165, 1.54) is 0 Å². The van der Waals surface area contributed by atoms with Crippen molar-refractivity contribution < 1.29 is 0 Å². The van der Waals surface area contributed by atoms with Crippen LogP contribution in [0.1, 0.15) is 0 Å². The number of hydrogen-bond acceptors (Lipinski definition) is 0. The summed E-state index contributed by atoms with van der Waals surface area (Å²) >= 11 is 36.1. The molecular weight excluding hydrogens is 357 g/mol. The van der Waals surface area contributed by atoms with Crippen LogP contribution in [0.25, 0.3) is 11.1 Å². The maximum Gasteiger partial charge on any atom is 0.0672 e. The zero-order valence-corrected chi connectivity index (χ0v) is 13.1. The molecule has 0 radical (unpaired) electrons. The van der Waals surface area contributed by atoms with Crippen LogP contribution < -0.4 is 0 Å². The lowest BCUT2D eigenvalue weighted by Crippen LogP contribution is -1.85. The molecule has 0 aliphatic carbocycles. The van der Waals surface area contributed by atoms with Gasteiger partial charge in [0.1, 0.15) is 0 Å². The topological polar surface area (TPSA) is 0 Å². The van der Waals surface area contributed by atoms with E-state index < -0.39 is 0 Å². The molecule has 0 spiro atoms. The molecule has 2 rings (SSSR count). The first-order chi connectivity index (χ1) is 8.40. The van der Waals surface area contributed by atoms with E-state index in [-0.39, 0.29) is 0 Å². The molecule has 0 amide bonds. The van der Waals surface area contributed by atoms with Crippen LogP contribution in [0.5, 0.6) is 0 Å². The molecular formula is C12H4Cl6. The van der Waals surface area contributed by atoms with E-state index in [1.807, 2.05) is 0 Å². The number of halogens is 6. The Kier molecular flexibility index (Phi) is 4.59. The Bertz CT molecular complexity index is 565. The Morgan fingerprint density at radius 3 is 1.17 bits per heavy atom. The molecule has 2 aromatic rings. The summed E-state index contributed by atoms with van der Waals surface area (Å²) in [6.07, 6.45) is 0. The van der Waals surface area contributed by atoms with Crippen molar-refractivity contribution in [1.29, 1.82) is 0 Å². The standard InChI is InChI=1S/C12H4Cl6/c13-5-1-7(11(17)9(15)3-5)8-2-6(14)4-10(16)12(8)18/h1-4H. The van der Waals surface area contributed by atoms with E-state index in [0.717, 1.165) is 0 Å². The maximum absolute atomic E-state index is 6.14. The second kappa shape index (κ2) is 5.66. The predicted octanol–water partition coefficient (Wildman–Crippen LogP) is 7.27. The highest BCUT2D eigenvalue weighted by atomic mass is 35.5. The molecule has 0 nitrogen and oxygen atoms in total. The Balaban J connectivity index is 2.77. The first-order valence-electron chi connectivity index (χ1n) is 4.69. The molecule has 0 saturated heterocycles. The number of benzene rings is 2. The SMILES string of the molecule is Clc1cc(Cl)c(Cl)c(-c2cc(Cl)cc(Cl)c2Cl)c1. The minimum Gasteiger partial charge on any atom is -0.0843 e. The zero-order chi connectivity index (χ0) is 13.4. The van der Waals surface area contributed by atoms with Gasteiger partial charge in [-0.05, 0) is 24.3 Å². The van der Waals surface area contributed by atoms with Crippen LogP contribution in [0.2, 0.25) is 30.1 Å². The van der Waals surface area contributed by atoms with Gasteiger partial charge in [0.15, 0.2) is 0 Å². The zero-order valence-electron chi connectivity index (χ0n) is 8.58. The summed E-state index contributed by atoms with van der Waals surface area (Å²) in [6.45, 7) is 0. The Morgan fingerprint density at radius 2 is 0.833 bits per heavy atom. The monoisotopic (exact) mass is 358 g/mol. The van der Waals surface area contributed by atoms with Crippen molar-refractivity contribution in [3.63, 3.8) is 0 Å². The van der Waals surface area contributed by atoms with Crippen LogP contribution >= 0.6 is 69.6 Å². The van der Waals surface area contributed by atoms with Gasteiger partial charge in [-0.15, -0.1) is 0 Å². The van der Waals surface area contributed by atoms with Gasteiger partial charge in [0.25, 0.3) is 0 Å². The third kappa shape index (κ3) is 2.85. The molecule has 0 fully saturated rings. The van der Waals surface area contributed by atoms with Crippen LogP contribution in [0.3, 0.4) is 0 Å². The van der Waals surface area contributed by atoms with Crippen LogP contribution in [0.4, 0.5) is 0 Å². The van der Waals surface area contributed by atoms with Gasteiger partial charge >= 0.3 is 0 Å². The van der Waals surface area contributed by atoms with Crippen LogP contribution in [0.15, 0.2) is 24.3 Å². The molecule has 2 aromatic carbocycles. The lowest BCUT2D eigenvalue weighted by molar-refractivity contribution is 1.61. The quantitative estimate of drug-likeness (QED) is 0.469. The van der Waals surface area contributed by atoms with E-state index in [4.69, 9.17) is 69.6 Å². The molecule has 0 aromatic heterocycles. The second-order valence-electron chi connectivity index (χ2n) is 3.50. The van der Waals surface area contributed by atoms with E-state index >= 15 is 0 Å². The van der Waals surface area contributed by atoms with Gasteiger partial charge in [-0.3, -0.25) is 0 Å². The van der Waals surface area contributed by atoms with Crippen molar-refractivity contribution in [2.45, 2.75) is 0 Å². The summed E-state index contributed by atoms with van der Waals surface area (Å²) in [4.78, 5) is 0. The number of rotatable bonds is 1. The third-order valence-corrected chi connectivity index (χ3v) is 4.32. The highest BCUT2D eigenvalue weighted by Crippen LogP contribution is 2.42. The smallest absolute Gasteiger partial charge is 0.0672 e. The molecule has 0 unspecified atom stereocenters. The minimum absolute atomic E-state index is 0.339. The molecule has 6 heteroatoms. The molecule has 94 valence electrons. The van der Waals surface area contributed by atoms with Crippen molar-refractivity contribution in [3.05, 3.63) is 54.4 Å². The van der Waals surface area contributed by atoms with Gasteiger partial charge in [-0.1, -0.05) is 69.6 Å². The Hall–Kier alpha value is 0.180. The van der Waals surface area contributed by atoms with Gasteiger partial charge in [-0.2, -0.15) is 0 Å². The predicted molar refractivity (Wildman–Crippen MR) is 81.9 cm³/mol. The maximum atomic E-state index is 6.14. The fourth-order valence-corrected chi connectivity index (χ4v) is 2.91. The van der Waals surface area contributed by atoms with Crippen molar-refractivity contribution >= 4 is 69.6 Å². The van der Waals surface area contributed by atoms with Crippen molar-refractivity contribution in [1.82, 2.24) is 0 Å². The molecule has 0 aliphatic heterocycles. The highest BCUT2D eigenvalue weighted by Gasteiger charge is 2.15. The van der Waals surface area contributed by atoms with Gasteiger partial charge in [-0.25, -0.2) is 0 Å². The van der Waals surface area contributed by atoms with Crippen LogP contribution in [-0.2, 0) is 0 Å². The molecule has 0 atom stereocenters. The van der Waals surface area contributed by atoms with E-state index in [9.17, 15) is 0 Å². The van der Waals surface area contributed by atoms with Crippen molar-refractivity contribution in [2.75, 3.05) is 0 Å². The summed E-state index contributed by atoms with van der Waals surface area (Å²) in [5, 5.41) is 2.28. The minimum atomic E-state index is 0.339. The van der Waals surface area contributed by atoms with E-state index in [2.05, 4.69) is 0 Å². The summed E-state index contributed by atoms with van der Waals surface area (Å²) in [5.41, 5.74) is 1.17. The molecule has 18 heavy (non-hydrogen) atoms. The first kappa shape index (κ1) is 14.6. The normalized spacial score (nSPS) is 10.8. The van der Waals surface area contributed by atoms with Gasteiger partial charge < -0.3 is 0 Å². The molecule has 0 aliphatic rings. The van der Waals surface area contributed by atoms with Gasteiger partial charge in [0, 0.05) is 21.2 Å². The summed E-state index contributed by atoms with van der Waals surface area (Å²) in [7, 11) is 0. The Labute approximate surface area is 134 Å². The second-order valence-corrected chi connectivity index (χ2v) is 5.94. The molecule has 0 bridgehead atoms. The largest absolute Gasteiger partial charge is 0.0843 e. The van der Waals surface area contributed by atoms with Crippen molar-refractivity contribution in [2.24, 2.45) is 0 Å². The van der Waals surface area contributed by atoms with Gasteiger partial charge in [0.05, 0.1) is 20.1 Å². The fourth-order valence-electron chi connectivity index (χ4n) is 1.50. The third-order valence-electron chi connectivity index (χ3n) is 2.28. The average molecular weight is 361 g/mol. The molecule has 0 heterocycles. The van der Waals surface area contributed by atoms with Crippen LogP contribution in [0, 0.1) is 0 Å². The Morgan fingerprint density at radius 1 is 0.500 bits per heavy atom. The molecule has 0 N–H and O–H groups in total. The average Bonchev–Trinajstić information content (AvgIpc) is 2.28. The van der Waals surface area contributed by atoms with Gasteiger partial charge in [0.2, 0.25) is 0 Å². The number of hydrogen-bond donors (Lipinski definition) is 0. The fraction of sp³-hybridized carbons (Fsp3) is 0. The van der Waals surface area contributed by atoms with E-state index in [1.54, 1.807) is 24.3 Å².